The average Bonchev–Trinajstić information content (AvgIpc) is 3.43. The molecule has 39 heavy (non-hydrogen) atoms. The van der Waals surface area contributed by atoms with Crippen LogP contribution >= 0.6 is 23.2 Å². The summed E-state index contributed by atoms with van der Waals surface area (Å²) in [7, 11) is 0. The normalized spacial score (nSPS) is 19.8. The van der Waals surface area contributed by atoms with Crippen molar-refractivity contribution in [1.29, 1.82) is 0 Å². The van der Waals surface area contributed by atoms with Crippen LogP contribution in [0.2, 0.25) is 0 Å². The largest absolute Gasteiger partial charge is 3.00 e. The molecule has 0 bridgehead atoms. The Morgan fingerprint density at radius 1 is 0.872 bits per heavy atom. The molecule has 4 nitrogen and oxygen atoms in total. The summed E-state index contributed by atoms with van der Waals surface area (Å²) in [5, 5.41) is 13.8. The molecule has 0 spiro atoms. The first-order valence-corrected chi connectivity index (χ1v) is 14.4. The van der Waals surface area contributed by atoms with Crippen molar-refractivity contribution in [3.05, 3.63) is 58.9 Å². The topological polar surface area (TPSA) is 42.4 Å². The fourth-order valence-corrected chi connectivity index (χ4v) is 5.68. The molecular weight excluding hydrogens is 616 g/mol. The van der Waals surface area contributed by atoms with Gasteiger partial charge in [0.05, 0.1) is 11.0 Å². The number of hydrogen-bond donors (Lipinski definition) is 0. The number of alkyl halides is 2. The summed E-state index contributed by atoms with van der Waals surface area (Å²) >= 11 is 9.53. The molecular formula is C30H44Cl4FeN3O. The molecule has 3 heterocycles. The zero-order valence-electron chi connectivity index (χ0n) is 24.1. The van der Waals surface area contributed by atoms with Gasteiger partial charge in [0.15, 0.2) is 0 Å². The van der Waals surface area contributed by atoms with Gasteiger partial charge in [-0.3, -0.25) is 14.8 Å². The molecule has 0 unspecified atom stereocenters. The zero-order valence-corrected chi connectivity index (χ0v) is 28.2. The van der Waals surface area contributed by atoms with Gasteiger partial charge in [0.1, 0.15) is 0 Å². The van der Waals surface area contributed by atoms with Crippen molar-refractivity contribution in [2.24, 2.45) is 0 Å². The van der Waals surface area contributed by atoms with Crippen molar-refractivity contribution < 1.29 is 47.0 Å². The summed E-state index contributed by atoms with van der Waals surface area (Å²) < 4.78 is 0. The van der Waals surface area contributed by atoms with Gasteiger partial charge in [0.25, 0.3) is 0 Å². The molecule has 2 fully saturated rings. The van der Waals surface area contributed by atoms with Crippen LogP contribution in [-0.2, 0) is 41.0 Å². The first-order chi connectivity index (χ1) is 17.0. The third-order valence-electron chi connectivity index (χ3n) is 7.58. The Morgan fingerprint density at radius 2 is 1.41 bits per heavy atom. The van der Waals surface area contributed by atoms with Crippen molar-refractivity contribution >= 4 is 23.2 Å². The van der Waals surface area contributed by atoms with Crippen LogP contribution in [0.15, 0.2) is 36.5 Å². The maximum Gasteiger partial charge on any atom is 3.00 e. The molecule has 0 N–H and O–H groups in total. The Hall–Kier alpha value is -0.231. The molecule has 2 aliphatic heterocycles. The van der Waals surface area contributed by atoms with Crippen LogP contribution in [0.3, 0.4) is 0 Å². The van der Waals surface area contributed by atoms with Gasteiger partial charge in [-0.25, -0.2) is 0 Å². The Kier molecular flexibility index (Phi) is 16.9. The molecule has 9 heteroatoms. The predicted molar refractivity (Wildman–Crippen MR) is 151 cm³/mol. The van der Waals surface area contributed by atoms with Crippen molar-refractivity contribution in [2.75, 3.05) is 18.4 Å². The SMILES string of the molecule is CC(C)(C)c1cc(CN2CCC[C@H]2[C@@H]2CCCN2Cc2ccccn2)c([O-])c(C(C)(C)C)c1.ClCCl.[Cl-].[Cl-].[Fe+3]. The Labute approximate surface area is 269 Å². The van der Waals surface area contributed by atoms with Gasteiger partial charge in [-0.15, -0.1) is 29.0 Å². The molecule has 1 aromatic carbocycles. The number of likely N-dealkylation sites (tertiary alicyclic amines) is 2. The summed E-state index contributed by atoms with van der Waals surface area (Å²) in [6.07, 6.45) is 6.84. The molecule has 1 radical (unpaired) electrons. The molecule has 2 aliphatic rings. The van der Waals surface area contributed by atoms with E-state index in [4.69, 9.17) is 23.2 Å². The molecule has 1 aromatic heterocycles. The second-order valence-corrected chi connectivity index (χ2v) is 13.1. The third-order valence-corrected chi connectivity index (χ3v) is 7.58. The minimum atomic E-state index is -0.150. The van der Waals surface area contributed by atoms with E-state index in [0.717, 1.165) is 43.0 Å². The van der Waals surface area contributed by atoms with Gasteiger partial charge in [0, 0.05) is 31.4 Å². The number of nitrogens with zero attached hydrogens (tertiary/aromatic N) is 3. The number of halogens is 4. The van der Waals surface area contributed by atoms with Gasteiger partial charge in [-0.2, -0.15) is 0 Å². The summed E-state index contributed by atoms with van der Waals surface area (Å²) in [6, 6.07) is 11.6. The minimum Gasteiger partial charge on any atom is -1.00 e. The van der Waals surface area contributed by atoms with Crippen molar-refractivity contribution in [1.82, 2.24) is 14.8 Å². The summed E-state index contributed by atoms with van der Waals surface area (Å²) in [5.41, 5.74) is 4.24. The number of hydrogen-bond acceptors (Lipinski definition) is 4. The maximum atomic E-state index is 13.6. The monoisotopic (exact) mass is 658 g/mol. The van der Waals surface area contributed by atoms with E-state index < -0.39 is 0 Å². The zero-order chi connectivity index (χ0) is 26.5. The number of aromatic nitrogens is 1. The first-order valence-electron chi connectivity index (χ1n) is 13.3. The summed E-state index contributed by atoms with van der Waals surface area (Å²) in [6.45, 7) is 17.1. The first kappa shape index (κ1) is 38.8. The Balaban J connectivity index is 0.00000230. The van der Waals surface area contributed by atoms with E-state index in [9.17, 15) is 5.11 Å². The standard InChI is InChI=1S/C29H43N3O.CH2Cl2.2ClH.Fe/c1-28(2,3)22-17-21(27(33)24(18-22)29(4,5)6)19-31-15-9-12-25(31)26-13-10-16-32(26)20-23-11-7-8-14-30-23;2-1-3;;;/h7-8,11,14,17-18,25-26,33H,9-10,12-13,15-16,19-20H2,1-6H3;1H2;2*1H;/q;;;;+3/p-3/t25-,26-;;;;/m0..../s1. The molecule has 0 amide bonds. The van der Waals surface area contributed by atoms with E-state index in [0.29, 0.717) is 12.1 Å². The Bertz CT molecular complexity index is 983. The smallest absolute Gasteiger partial charge is 1.00 e. The third kappa shape index (κ3) is 10.5. The fourth-order valence-electron chi connectivity index (χ4n) is 5.68. The van der Waals surface area contributed by atoms with E-state index in [1.165, 1.54) is 31.2 Å². The van der Waals surface area contributed by atoms with E-state index in [1.807, 2.05) is 12.3 Å². The molecule has 221 valence electrons. The number of pyridine rings is 1. The molecule has 4 rings (SSSR count). The molecule has 2 saturated heterocycles. The molecule has 0 saturated carbocycles. The van der Waals surface area contributed by atoms with Crippen LogP contribution in [-0.4, -0.2) is 45.3 Å². The van der Waals surface area contributed by atoms with E-state index in [2.05, 4.69) is 80.6 Å². The second kappa shape index (κ2) is 17.0. The van der Waals surface area contributed by atoms with Crippen molar-refractivity contribution in [3.8, 4) is 5.75 Å². The minimum absolute atomic E-state index is 0. The molecule has 2 aromatic rings. The fraction of sp³-hybridized carbons (Fsp3) is 0.633. The predicted octanol–water partition coefficient (Wildman–Crippen LogP) is 0.806. The van der Waals surface area contributed by atoms with Crippen molar-refractivity contribution in [3.63, 3.8) is 0 Å². The number of benzene rings is 1. The average molecular weight is 660 g/mol. The molecule has 2 atom stereocenters. The van der Waals surface area contributed by atoms with Gasteiger partial charge < -0.3 is 29.9 Å². The van der Waals surface area contributed by atoms with Crippen LogP contribution in [0.25, 0.3) is 0 Å². The summed E-state index contributed by atoms with van der Waals surface area (Å²) in [5.74, 6) is 0.248. The maximum absolute atomic E-state index is 13.6. The Morgan fingerprint density at radius 3 is 1.87 bits per heavy atom. The van der Waals surface area contributed by atoms with E-state index in [1.54, 1.807) is 0 Å². The van der Waals surface area contributed by atoms with Gasteiger partial charge in [-0.1, -0.05) is 59.7 Å². The van der Waals surface area contributed by atoms with Crippen molar-refractivity contribution in [2.45, 2.75) is 103 Å². The van der Waals surface area contributed by atoms with Crippen LogP contribution in [0.4, 0.5) is 0 Å². The quantitative estimate of drug-likeness (QED) is 0.352. The molecule has 0 aliphatic carbocycles. The van der Waals surface area contributed by atoms with Crippen LogP contribution in [0, 0.1) is 0 Å². The summed E-state index contributed by atoms with van der Waals surface area (Å²) in [4.78, 5) is 9.81. The van der Waals surface area contributed by atoms with Crippen LogP contribution in [0.1, 0.15) is 89.6 Å². The number of rotatable bonds is 5. The van der Waals surface area contributed by atoms with Crippen LogP contribution in [0.5, 0.6) is 5.75 Å². The second-order valence-electron chi connectivity index (χ2n) is 12.3. The van der Waals surface area contributed by atoms with Gasteiger partial charge >= 0.3 is 17.1 Å². The van der Waals surface area contributed by atoms with E-state index in [-0.39, 0.29) is 63.8 Å². The van der Waals surface area contributed by atoms with Crippen LogP contribution < -0.4 is 29.9 Å². The van der Waals surface area contributed by atoms with Gasteiger partial charge in [-0.05, 0) is 78.4 Å². The van der Waals surface area contributed by atoms with E-state index >= 15 is 0 Å². The van der Waals surface area contributed by atoms with Gasteiger partial charge in [0.2, 0.25) is 0 Å².